The zero-order valence-electron chi connectivity index (χ0n) is 15.1. The number of carbonyl (C=O) groups excluding carboxylic acids is 1. The van der Waals surface area contributed by atoms with Crippen molar-refractivity contribution >= 4 is 5.97 Å². The molecule has 4 heteroatoms. The number of hydrogen-bond donors (Lipinski definition) is 1. The van der Waals surface area contributed by atoms with Gasteiger partial charge in [-0.3, -0.25) is 9.78 Å². The van der Waals surface area contributed by atoms with E-state index in [1.54, 1.807) is 6.20 Å². The highest BCUT2D eigenvalue weighted by atomic mass is 16.6. The number of hydrogen-bond acceptors (Lipinski definition) is 3. The number of ether oxygens (including phenoxy) is 1. The number of nitrogens with zero attached hydrogens (tertiary/aromatic N) is 1. The summed E-state index contributed by atoms with van der Waals surface area (Å²) in [7, 11) is 0. The van der Waals surface area contributed by atoms with E-state index in [0.29, 0.717) is 11.8 Å². The van der Waals surface area contributed by atoms with Crippen LogP contribution < -0.4 is 5.32 Å². The fraction of sp³-hybridized carbons (Fsp3) is 0.619. The van der Waals surface area contributed by atoms with Crippen molar-refractivity contribution in [1.82, 2.24) is 4.98 Å². The van der Waals surface area contributed by atoms with Crippen LogP contribution in [0.15, 0.2) is 36.7 Å². The summed E-state index contributed by atoms with van der Waals surface area (Å²) in [5.74, 6) is 0.981. The number of fused-ring (bicyclic) bond motifs is 2. The number of nitrogens with two attached hydrogens (primary N) is 1. The minimum Gasteiger partial charge on any atom is -0.462 e. The van der Waals surface area contributed by atoms with E-state index in [2.05, 4.69) is 29.9 Å². The van der Waals surface area contributed by atoms with Crippen LogP contribution in [0.5, 0.6) is 0 Å². The van der Waals surface area contributed by atoms with Gasteiger partial charge in [0.15, 0.2) is 0 Å². The third-order valence-corrected chi connectivity index (χ3v) is 6.84. The zero-order chi connectivity index (χ0) is 17.4. The number of rotatable bonds is 4. The molecule has 0 spiro atoms. The minimum atomic E-state index is 0.0188. The largest absolute Gasteiger partial charge is 0.462 e. The van der Waals surface area contributed by atoms with E-state index in [-0.39, 0.29) is 23.4 Å². The van der Waals surface area contributed by atoms with Crippen molar-refractivity contribution < 1.29 is 14.8 Å². The fourth-order valence-electron chi connectivity index (χ4n) is 5.47. The summed E-state index contributed by atoms with van der Waals surface area (Å²) in [5, 5.41) is 2.23. The summed E-state index contributed by atoms with van der Waals surface area (Å²) in [5.41, 5.74) is 2.89. The van der Waals surface area contributed by atoms with Gasteiger partial charge in [-0.25, -0.2) is 0 Å². The first-order chi connectivity index (χ1) is 12.1. The molecular formula is C21H29N2O2+. The normalized spacial score (nSPS) is 37.3. The predicted molar refractivity (Wildman–Crippen MR) is 95.4 cm³/mol. The van der Waals surface area contributed by atoms with Crippen LogP contribution in [0, 0.1) is 23.2 Å². The second kappa shape index (κ2) is 6.56. The highest BCUT2D eigenvalue weighted by Crippen LogP contribution is 2.56. The van der Waals surface area contributed by atoms with Crippen LogP contribution in [0.25, 0.3) is 0 Å². The van der Waals surface area contributed by atoms with Crippen LogP contribution in [0.1, 0.15) is 44.6 Å². The lowest BCUT2D eigenvalue weighted by atomic mass is 9.55. The lowest BCUT2D eigenvalue weighted by Crippen LogP contribution is -2.84. The molecule has 4 rings (SSSR count). The molecule has 4 nitrogen and oxygen atoms in total. The molecule has 25 heavy (non-hydrogen) atoms. The predicted octanol–water partition coefficient (Wildman–Crippen LogP) is 2.46. The number of esters is 1. The Morgan fingerprint density at radius 3 is 3.16 bits per heavy atom. The van der Waals surface area contributed by atoms with Crippen molar-refractivity contribution in [3.63, 3.8) is 0 Å². The monoisotopic (exact) mass is 341 g/mol. The van der Waals surface area contributed by atoms with Gasteiger partial charge in [0.25, 0.3) is 0 Å². The number of pyridine rings is 1. The van der Waals surface area contributed by atoms with Crippen LogP contribution >= 0.6 is 0 Å². The maximum atomic E-state index is 12.5. The van der Waals surface area contributed by atoms with Gasteiger partial charge in [0.05, 0.1) is 6.54 Å². The van der Waals surface area contributed by atoms with Crippen molar-refractivity contribution in [2.45, 2.75) is 51.7 Å². The Morgan fingerprint density at radius 2 is 2.36 bits per heavy atom. The molecule has 1 aliphatic heterocycles. The van der Waals surface area contributed by atoms with E-state index in [1.165, 1.54) is 24.0 Å². The summed E-state index contributed by atoms with van der Waals surface area (Å²) >= 11 is 0. The van der Waals surface area contributed by atoms with Crippen molar-refractivity contribution in [2.24, 2.45) is 23.2 Å². The number of carbonyl (C=O) groups is 1. The van der Waals surface area contributed by atoms with Crippen LogP contribution in [0.2, 0.25) is 0 Å². The Morgan fingerprint density at radius 1 is 1.48 bits per heavy atom. The third kappa shape index (κ3) is 3.12. The molecule has 3 fully saturated rings. The molecular weight excluding hydrogens is 312 g/mol. The summed E-state index contributed by atoms with van der Waals surface area (Å²) < 4.78 is 5.83. The molecule has 1 aromatic heterocycles. The molecule has 1 aromatic rings. The first-order valence-electron chi connectivity index (χ1n) is 9.65. The Hall–Kier alpha value is -1.68. The minimum absolute atomic E-state index is 0.0188. The lowest BCUT2D eigenvalue weighted by Gasteiger charge is -2.49. The Bertz CT molecular complexity index is 659. The van der Waals surface area contributed by atoms with Crippen LogP contribution in [0.3, 0.4) is 0 Å². The van der Waals surface area contributed by atoms with Gasteiger partial charge >= 0.3 is 5.97 Å². The van der Waals surface area contributed by atoms with E-state index < -0.39 is 0 Å². The molecule has 0 bridgehead atoms. The molecule has 2 aliphatic carbocycles. The Kier molecular flexibility index (Phi) is 4.40. The van der Waals surface area contributed by atoms with E-state index in [9.17, 15) is 4.79 Å². The molecule has 2 heterocycles. The highest BCUT2D eigenvalue weighted by Gasteiger charge is 2.55. The average Bonchev–Trinajstić information content (AvgIpc) is 2.88. The van der Waals surface area contributed by atoms with Gasteiger partial charge in [-0.15, -0.1) is 0 Å². The van der Waals surface area contributed by atoms with Crippen molar-refractivity contribution in [2.75, 3.05) is 6.54 Å². The summed E-state index contributed by atoms with van der Waals surface area (Å²) in [6.07, 6.45) is 9.54. The van der Waals surface area contributed by atoms with Gasteiger partial charge in [-0.05, 0) is 49.5 Å². The molecule has 3 aliphatic rings. The first kappa shape index (κ1) is 16.8. The first-order valence-corrected chi connectivity index (χ1v) is 9.65. The van der Waals surface area contributed by atoms with Crippen molar-refractivity contribution in [3.05, 3.63) is 42.2 Å². The lowest BCUT2D eigenvalue weighted by molar-refractivity contribution is -0.675. The van der Waals surface area contributed by atoms with Crippen LogP contribution in [-0.4, -0.2) is 23.6 Å². The van der Waals surface area contributed by atoms with Crippen LogP contribution in [0.4, 0.5) is 0 Å². The number of quaternary nitrogens is 1. The average molecular weight is 341 g/mol. The fourth-order valence-corrected chi connectivity index (χ4v) is 5.47. The molecule has 2 saturated carbocycles. The van der Waals surface area contributed by atoms with Crippen molar-refractivity contribution in [1.29, 1.82) is 0 Å². The standard InChI is InChI=1S/C21H28N2O2/c1-14-5-3-7-21(2)10-19-16(9-18(14)21)17(20(24)25-19)13-23-12-15-6-4-8-22-11-15/h4,6,8,11,16-19,23H,1,3,5,7,9-10,12-13H2,2H3/p+1/t16-,17-,18+,19-,21-/m1/s1. The van der Waals surface area contributed by atoms with Gasteiger partial charge < -0.3 is 10.1 Å². The SMILES string of the molecule is C=C1CCC[C@]2(C)C[C@H]3OC(=O)[C@H](C[NH2+]Cc4cccnc4)[C@H]3C[C@@H]12. The smallest absolute Gasteiger partial charge is 0.315 e. The van der Waals surface area contributed by atoms with E-state index >= 15 is 0 Å². The molecule has 134 valence electrons. The molecule has 1 saturated heterocycles. The second-order valence-corrected chi connectivity index (χ2v) is 8.49. The number of aromatic nitrogens is 1. The Labute approximate surface area is 150 Å². The van der Waals surface area contributed by atoms with Crippen molar-refractivity contribution in [3.8, 4) is 0 Å². The molecule has 0 amide bonds. The summed E-state index contributed by atoms with van der Waals surface area (Å²) in [4.78, 5) is 16.7. The van der Waals surface area contributed by atoms with Crippen LogP contribution in [-0.2, 0) is 16.1 Å². The maximum absolute atomic E-state index is 12.5. The van der Waals surface area contributed by atoms with E-state index in [0.717, 1.165) is 32.4 Å². The molecule has 0 radical (unpaired) electrons. The van der Waals surface area contributed by atoms with Gasteiger partial charge in [0.1, 0.15) is 18.6 Å². The summed E-state index contributed by atoms with van der Waals surface area (Å²) in [6.45, 7) is 8.42. The van der Waals surface area contributed by atoms with Gasteiger partial charge in [0.2, 0.25) is 0 Å². The van der Waals surface area contributed by atoms with Gasteiger partial charge in [-0.2, -0.15) is 0 Å². The van der Waals surface area contributed by atoms with E-state index in [4.69, 9.17) is 4.74 Å². The molecule has 0 aromatic carbocycles. The van der Waals surface area contributed by atoms with E-state index in [1.807, 2.05) is 12.3 Å². The molecule has 0 unspecified atom stereocenters. The quantitative estimate of drug-likeness (QED) is 0.676. The molecule has 2 N–H and O–H groups in total. The number of allylic oxidation sites excluding steroid dienone is 1. The zero-order valence-corrected chi connectivity index (χ0v) is 15.1. The van der Waals surface area contributed by atoms with Gasteiger partial charge in [-0.1, -0.05) is 25.1 Å². The second-order valence-electron chi connectivity index (χ2n) is 8.49. The third-order valence-electron chi connectivity index (χ3n) is 6.84. The summed E-state index contributed by atoms with van der Waals surface area (Å²) in [6, 6.07) is 4.04. The highest BCUT2D eigenvalue weighted by molar-refractivity contribution is 5.75. The Balaban J connectivity index is 1.42. The van der Waals surface area contributed by atoms with Gasteiger partial charge in [0, 0.05) is 23.9 Å². The topological polar surface area (TPSA) is 55.8 Å². The molecule has 5 atom stereocenters. The maximum Gasteiger partial charge on any atom is 0.315 e.